The van der Waals surface area contributed by atoms with Crippen LogP contribution in [-0.4, -0.2) is 10.3 Å². The number of aliphatic hydroxyl groups is 1. The van der Waals surface area contributed by atoms with Gasteiger partial charge >= 0.3 is 0 Å². The average Bonchev–Trinajstić information content (AvgIpc) is 2.74. The molecule has 2 rings (SSSR count). The van der Waals surface area contributed by atoms with E-state index in [-0.39, 0.29) is 12.0 Å². The maximum absolute atomic E-state index is 13.8. The van der Waals surface area contributed by atoms with Gasteiger partial charge in [0.05, 0.1) is 11.8 Å². The van der Waals surface area contributed by atoms with Crippen LogP contribution in [0.2, 0.25) is 0 Å². The van der Waals surface area contributed by atoms with Crippen LogP contribution in [0.15, 0.2) is 29.0 Å². The highest BCUT2D eigenvalue weighted by atomic mass is 19.1. The number of aromatic nitrogens is 1. The maximum atomic E-state index is 13.8. The number of halogens is 2. The summed E-state index contributed by atoms with van der Waals surface area (Å²) in [7, 11) is 0. The molecule has 1 aromatic carbocycles. The molecule has 0 saturated carbocycles. The van der Waals surface area contributed by atoms with Crippen LogP contribution >= 0.6 is 0 Å². The van der Waals surface area contributed by atoms with Gasteiger partial charge in [-0.1, -0.05) is 11.2 Å². The van der Waals surface area contributed by atoms with Crippen molar-refractivity contribution < 1.29 is 18.4 Å². The summed E-state index contributed by atoms with van der Waals surface area (Å²) >= 11 is 0. The van der Waals surface area contributed by atoms with Crippen molar-refractivity contribution in [3.63, 3.8) is 0 Å². The Labute approximate surface area is 115 Å². The van der Waals surface area contributed by atoms with Gasteiger partial charge in [-0.2, -0.15) is 0 Å². The lowest BCUT2D eigenvalue weighted by atomic mass is 9.85. The fraction of sp³-hybridized carbons (Fsp3) is 0.357. The van der Waals surface area contributed by atoms with Crippen LogP contribution in [0.3, 0.4) is 0 Å². The third-order valence-corrected chi connectivity index (χ3v) is 3.31. The number of hydrogen-bond donors (Lipinski definition) is 2. The SMILES string of the molecule is Cc1nocc1C(O)CC(C)(N)c1ccc(F)cc1F. The van der Waals surface area contributed by atoms with Crippen LogP contribution in [-0.2, 0) is 5.54 Å². The van der Waals surface area contributed by atoms with Crippen LogP contribution in [0.25, 0.3) is 0 Å². The van der Waals surface area contributed by atoms with E-state index in [1.54, 1.807) is 13.8 Å². The highest BCUT2D eigenvalue weighted by Crippen LogP contribution is 2.32. The van der Waals surface area contributed by atoms with Crippen LogP contribution in [0.5, 0.6) is 0 Å². The van der Waals surface area contributed by atoms with Gasteiger partial charge in [-0.15, -0.1) is 0 Å². The van der Waals surface area contributed by atoms with Crippen molar-refractivity contribution in [3.05, 3.63) is 52.9 Å². The Morgan fingerprint density at radius 1 is 1.45 bits per heavy atom. The summed E-state index contributed by atoms with van der Waals surface area (Å²) in [6, 6.07) is 3.20. The zero-order valence-corrected chi connectivity index (χ0v) is 11.2. The smallest absolute Gasteiger partial charge is 0.131 e. The fourth-order valence-electron chi connectivity index (χ4n) is 2.19. The number of aryl methyl sites for hydroxylation is 1. The van der Waals surface area contributed by atoms with Crippen molar-refractivity contribution in [1.82, 2.24) is 5.16 Å². The van der Waals surface area contributed by atoms with E-state index in [1.165, 1.54) is 12.3 Å². The predicted octanol–water partition coefficient (Wildman–Crippen LogP) is 2.56. The predicted molar refractivity (Wildman–Crippen MR) is 68.7 cm³/mol. The van der Waals surface area contributed by atoms with Gasteiger partial charge < -0.3 is 15.4 Å². The summed E-state index contributed by atoms with van der Waals surface area (Å²) < 4.78 is 31.5. The molecular formula is C14H16F2N2O2. The van der Waals surface area contributed by atoms with Gasteiger partial charge in [-0.25, -0.2) is 8.78 Å². The van der Waals surface area contributed by atoms with Crippen LogP contribution in [0.1, 0.15) is 36.3 Å². The molecule has 2 aromatic rings. The Morgan fingerprint density at radius 3 is 2.70 bits per heavy atom. The second-order valence-corrected chi connectivity index (χ2v) is 5.12. The molecule has 108 valence electrons. The Balaban J connectivity index is 2.24. The van der Waals surface area contributed by atoms with Gasteiger partial charge in [0.25, 0.3) is 0 Å². The normalized spacial score (nSPS) is 15.9. The first-order valence-electron chi connectivity index (χ1n) is 6.14. The van der Waals surface area contributed by atoms with E-state index in [2.05, 4.69) is 5.16 Å². The molecule has 0 bridgehead atoms. The van der Waals surface area contributed by atoms with Crippen LogP contribution in [0.4, 0.5) is 8.78 Å². The summed E-state index contributed by atoms with van der Waals surface area (Å²) in [6.45, 7) is 3.27. The van der Waals surface area contributed by atoms with Crippen molar-refractivity contribution >= 4 is 0 Å². The van der Waals surface area contributed by atoms with E-state index in [9.17, 15) is 13.9 Å². The second kappa shape index (κ2) is 5.30. The van der Waals surface area contributed by atoms with E-state index in [1.807, 2.05) is 0 Å². The molecule has 0 spiro atoms. The molecule has 0 aliphatic rings. The molecule has 0 aliphatic carbocycles. The highest BCUT2D eigenvalue weighted by Gasteiger charge is 2.30. The number of nitrogens with two attached hydrogens (primary N) is 1. The number of benzene rings is 1. The monoisotopic (exact) mass is 282 g/mol. The summed E-state index contributed by atoms with van der Waals surface area (Å²) in [5.41, 5.74) is 6.12. The van der Waals surface area contributed by atoms with Gasteiger partial charge in [0.1, 0.15) is 17.9 Å². The second-order valence-electron chi connectivity index (χ2n) is 5.12. The van der Waals surface area contributed by atoms with Crippen molar-refractivity contribution in [2.24, 2.45) is 5.73 Å². The molecule has 1 aromatic heterocycles. The van der Waals surface area contributed by atoms with Crippen molar-refractivity contribution in [2.45, 2.75) is 31.9 Å². The lowest BCUT2D eigenvalue weighted by Crippen LogP contribution is -2.36. The summed E-state index contributed by atoms with van der Waals surface area (Å²) in [4.78, 5) is 0. The minimum atomic E-state index is -1.15. The molecule has 4 nitrogen and oxygen atoms in total. The molecule has 0 aliphatic heterocycles. The lowest BCUT2D eigenvalue weighted by Gasteiger charge is -2.28. The Kier molecular flexibility index (Phi) is 3.87. The first-order chi connectivity index (χ1) is 9.31. The van der Waals surface area contributed by atoms with Crippen LogP contribution < -0.4 is 5.73 Å². The average molecular weight is 282 g/mol. The van der Waals surface area contributed by atoms with Gasteiger partial charge in [-0.3, -0.25) is 0 Å². The van der Waals surface area contributed by atoms with E-state index in [0.29, 0.717) is 11.3 Å². The summed E-state index contributed by atoms with van der Waals surface area (Å²) in [5.74, 6) is -1.40. The summed E-state index contributed by atoms with van der Waals surface area (Å²) in [6.07, 6.45) is 0.440. The number of nitrogens with zero attached hydrogens (tertiary/aromatic N) is 1. The van der Waals surface area contributed by atoms with Gasteiger partial charge in [-0.05, 0) is 26.3 Å². The zero-order chi connectivity index (χ0) is 14.9. The van der Waals surface area contributed by atoms with E-state index >= 15 is 0 Å². The minimum Gasteiger partial charge on any atom is -0.388 e. The Morgan fingerprint density at radius 2 is 2.15 bits per heavy atom. The van der Waals surface area contributed by atoms with E-state index in [4.69, 9.17) is 10.3 Å². The highest BCUT2D eigenvalue weighted by molar-refractivity contribution is 5.27. The lowest BCUT2D eigenvalue weighted by molar-refractivity contribution is 0.135. The Bertz CT molecular complexity index is 611. The molecule has 0 fully saturated rings. The fourth-order valence-corrected chi connectivity index (χ4v) is 2.19. The molecule has 3 N–H and O–H groups in total. The van der Waals surface area contributed by atoms with Crippen LogP contribution in [0, 0.1) is 18.6 Å². The molecular weight excluding hydrogens is 266 g/mol. The number of aliphatic hydroxyl groups excluding tert-OH is 1. The first kappa shape index (κ1) is 14.6. The summed E-state index contributed by atoms with van der Waals surface area (Å²) in [5, 5.41) is 13.8. The third kappa shape index (κ3) is 2.86. The quantitative estimate of drug-likeness (QED) is 0.904. The zero-order valence-electron chi connectivity index (χ0n) is 11.2. The topological polar surface area (TPSA) is 72.3 Å². The van der Waals surface area contributed by atoms with Gasteiger partial charge in [0.2, 0.25) is 0 Å². The van der Waals surface area contributed by atoms with Gasteiger partial charge in [0.15, 0.2) is 0 Å². The molecule has 0 radical (unpaired) electrons. The van der Waals surface area contributed by atoms with Gasteiger partial charge in [0, 0.05) is 22.7 Å². The number of rotatable bonds is 4. The van der Waals surface area contributed by atoms with E-state index in [0.717, 1.165) is 12.1 Å². The molecule has 6 heteroatoms. The Hall–Kier alpha value is -1.79. The molecule has 0 amide bonds. The molecule has 2 atom stereocenters. The standard InChI is InChI=1S/C14H16F2N2O2/c1-8-10(7-20-18-8)13(19)6-14(2,17)11-4-3-9(15)5-12(11)16/h3-5,7,13,19H,6,17H2,1-2H3. The largest absolute Gasteiger partial charge is 0.388 e. The molecule has 1 heterocycles. The minimum absolute atomic E-state index is 0.0532. The van der Waals surface area contributed by atoms with Crippen molar-refractivity contribution in [2.75, 3.05) is 0 Å². The molecule has 0 saturated heterocycles. The maximum Gasteiger partial charge on any atom is 0.131 e. The number of hydrogen-bond acceptors (Lipinski definition) is 4. The molecule has 20 heavy (non-hydrogen) atoms. The third-order valence-electron chi connectivity index (χ3n) is 3.31. The van der Waals surface area contributed by atoms with Crippen molar-refractivity contribution in [1.29, 1.82) is 0 Å². The first-order valence-corrected chi connectivity index (χ1v) is 6.14. The van der Waals surface area contributed by atoms with Crippen molar-refractivity contribution in [3.8, 4) is 0 Å². The van der Waals surface area contributed by atoms with E-state index < -0.39 is 23.3 Å². The molecule has 2 unspecified atom stereocenters.